The minimum Gasteiger partial charge on any atom is -0.351 e. The fourth-order valence-electron chi connectivity index (χ4n) is 1.22. The summed E-state index contributed by atoms with van der Waals surface area (Å²) in [4.78, 5) is 21.7. The standard InChI is InChI=1S/C10H13N3O3/c1-11-6-7-12-10(14)8-4-2-3-5-9(8)13(15)16/h2-5,11H,6-7H2,1H3,(H,12,14). The van der Waals surface area contributed by atoms with E-state index in [1.54, 1.807) is 13.1 Å². The molecule has 0 fully saturated rings. The van der Waals surface area contributed by atoms with Crippen LogP contribution >= 0.6 is 0 Å². The van der Waals surface area contributed by atoms with Crippen LogP contribution < -0.4 is 10.6 Å². The van der Waals surface area contributed by atoms with Gasteiger partial charge in [0.05, 0.1) is 4.92 Å². The Morgan fingerprint density at radius 1 is 1.38 bits per heavy atom. The summed E-state index contributed by atoms with van der Waals surface area (Å²) >= 11 is 0. The van der Waals surface area contributed by atoms with E-state index in [4.69, 9.17) is 0 Å². The van der Waals surface area contributed by atoms with Crippen LogP contribution in [0.25, 0.3) is 0 Å². The second kappa shape index (κ2) is 5.82. The van der Waals surface area contributed by atoms with Gasteiger partial charge in [-0.25, -0.2) is 0 Å². The number of amides is 1. The Bertz CT molecular complexity index is 393. The SMILES string of the molecule is CNCCNC(=O)c1ccccc1[N+](=O)[O-]. The fraction of sp³-hybridized carbons (Fsp3) is 0.300. The summed E-state index contributed by atoms with van der Waals surface area (Å²) in [6, 6.07) is 5.88. The van der Waals surface area contributed by atoms with Gasteiger partial charge in [0.15, 0.2) is 0 Å². The minimum atomic E-state index is -0.563. The molecule has 1 rings (SSSR count). The maximum atomic E-state index is 11.6. The third-order valence-electron chi connectivity index (χ3n) is 2.01. The number of nitrogens with zero attached hydrogens (tertiary/aromatic N) is 1. The second-order valence-corrected chi connectivity index (χ2v) is 3.13. The van der Waals surface area contributed by atoms with Gasteiger partial charge in [0.1, 0.15) is 5.56 Å². The van der Waals surface area contributed by atoms with Crippen LogP contribution in [0.5, 0.6) is 0 Å². The first kappa shape index (κ1) is 12.1. The largest absolute Gasteiger partial charge is 0.351 e. The fourth-order valence-corrected chi connectivity index (χ4v) is 1.22. The van der Waals surface area contributed by atoms with E-state index in [1.807, 2.05) is 0 Å². The number of hydrogen-bond donors (Lipinski definition) is 2. The maximum Gasteiger partial charge on any atom is 0.282 e. The molecule has 0 saturated heterocycles. The summed E-state index contributed by atoms with van der Waals surface area (Å²) in [5.41, 5.74) is -0.0898. The zero-order valence-electron chi connectivity index (χ0n) is 8.90. The number of carbonyl (C=O) groups is 1. The minimum absolute atomic E-state index is 0.0867. The molecule has 1 aromatic carbocycles. The number of nitrogens with one attached hydrogen (secondary N) is 2. The van der Waals surface area contributed by atoms with Crippen LogP contribution in [0.2, 0.25) is 0 Å². The Morgan fingerprint density at radius 3 is 2.69 bits per heavy atom. The van der Waals surface area contributed by atoms with Gasteiger partial charge >= 0.3 is 0 Å². The quantitative estimate of drug-likeness (QED) is 0.433. The van der Waals surface area contributed by atoms with E-state index in [1.165, 1.54) is 18.2 Å². The molecule has 0 atom stereocenters. The molecule has 0 aliphatic heterocycles. The molecule has 6 heteroatoms. The van der Waals surface area contributed by atoms with Crippen molar-refractivity contribution in [2.45, 2.75) is 0 Å². The van der Waals surface area contributed by atoms with E-state index in [2.05, 4.69) is 10.6 Å². The number of nitro groups is 1. The lowest BCUT2D eigenvalue weighted by Gasteiger charge is -2.04. The summed E-state index contributed by atoms with van der Waals surface area (Å²) in [5.74, 6) is -0.428. The van der Waals surface area contributed by atoms with Crippen LogP contribution in [0.1, 0.15) is 10.4 Å². The molecule has 0 aliphatic rings. The summed E-state index contributed by atoms with van der Waals surface area (Å²) in [5, 5.41) is 16.1. The predicted octanol–water partition coefficient (Wildman–Crippen LogP) is 0.544. The molecular weight excluding hydrogens is 210 g/mol. The highest BCUT2D eigenvalue weighted by molar-refractivity contribution is 5.98. The Hall–Kier alpha value is -1.95. The zero-order chi connectivity index (χ0) is 12.0. The molecule has 1 aromatic rings. The average molecular weight is 223 g/mol. The molecule has 1 amide bonds. The summed E-state index contributed by atoms with van der Waals surface area (Å²) in [7, 11) is 1.76. The monoisotopic (exact) mass is 223 g/mol. The molecular formula is C10H13N3O3. The van der Waals surface area contributed by atoms with Gasteiger partial charge in [0.2, 0.25) is 0 Å². The van der Waals surface area contributed by atoms with Crippen molar-refractivity contribution < 1.29 is 9.72 Å². The first-order valence-electron chi connectivity index (χ1n) is 4.83. The number of carbonyl (C=O) groups excluding carboxylic acids is 1. The molecule has 86 valence electrons. The highest BCUT2D eigenvalue weighted by Gasteiger charge is 2.18. The number of para-hydroxylation sites is 1. The van der Waals surface area contributed by atoms with Crippen LogP contribution in [0.3, 0.4) is 0 Å². The molecule has 0 heterocycles. The van der Waals surface area contributed by atoms with Gasteiger partial charge in [-0.1, -0.05) is 12.1 Å². The van der Waals surface area contributed by atoms with Crippen molar-refractivity contribution in [3.05, 3.63) is 39.9 Å². The molecule has 0 saturated carbocycles. The molecule has 0 spiro atoms. The molecule has 0 aliphatic carbocycles. The van der Waals surface area contributed by atoms with Crippen LogP contribution in [0.15, 0.2) is 24.3 Å². The second-order valence-electron chi connectivity index (χ2n) is 3.13. The van der Waals surface area contributed by atoms with Crippen molar-refractivity contribution >= 4 is 11.6 Å². The average Bonchev–Trinajstić information content (AvgIpc) is 2.29. The third kappa shape index (κ3) is 3.03. The van der Waals surface area contributed by atoms with Crippen molar-refractivity contribution in [1.82, 2.24) is 10.6 Å². The number of likely N-dealkylation sites (N-methyl/N-ethyl adjacent to an activating group) is 1. The van der Waals surface area contributed by atoms with E-state index >= 15 is 0 Å². The number of benzene rings is 1. The highest BCUT2D eigenvalue weighted by Crippen LogP contribution is 2.16. The zero-order valence-corrected chi connectivity index (χ0v) is 8.90. The van der Waals surface area contributed by atoms with Gasteiger partial charge in [0.25, 0.3) is 11.6 Å². The van der Waals surface area contributed by atoms with Gasteiger partial charge in [0, 0.05) is 19.2 Å². The Kier molecular flexibility index (Phi) is 4.41. The molecule has 0 aromatic heterocycles. The molecule has 6 nitrogen and oxygen atoms in total. The van der Waals surface area contributed by atoms with Gasteiger partial charge < -0.3 is 10.6 Å². The lowest BCUT2D eigenvalue weighted by Crippen LogP contribution is -2.30. The van der Waals surface area contributed by atoms with Gasteiger partial charge in [-0.15, -0.1) is 0 Å². The van der Waals surface area contributed by atoms with Crippen molar-refractivity contribution in [3.8, 4) is 0 Å². The molecule has 0 unspecified atom stereocenters. The topological polar surface area (TPSA) is 84.3 Å². The van der Waals surface area contributed by atoms with E-state index < -0.39 is 10.8 Å². The van der Waals surface area contributed by atoms with E-state index in [0.29, 0.717) is 13.1 Å². The van der Waals surface area contributed by atoms with Crippen LogP contribution in [0.4, 0.5) is 5.69 Å². The smallest absolute Gasteiger partial charge is 0.282 e. The van der Waals surface area contributed by atoms with Gasteiger partial charge in [-0.2, -0.15) is 0 Å². The summed E-state index contributed by atoms with van der Waals surface area (Å²) in [6.07, 6.45) is 0. The Morgan fingerprint density at radius 2 is 2.06 bits per heavy atom. The van der Waals surface area contributed by atoms with Crippen molar-refractivity contribution in [2.75, 3.05) is 20.1 Å². The van der Waals surface area contributed by atoms with Crippen LogP contribution in [-0.4, -0.2) is 31.0 Å². The Labute approximate surface area is 92.8 Å². The van der Waals surface area contributed by atoms with Crippen molar-refractivity contribution in [3.63, 3.8) is 0 Å². The molecule has 0 radical (unpaired) electrons. The van der Waals surface area contributed by atoms with Gasteiger partial charge in [-0.05, 0) is 13.1 Å². The lowest BCUT2D eigenvalue weighted by atomic mass is 10.1. The van der Waals surface area contributed by atoms with Crippen molar-refractivity contribution in [1.29, 1.82) is 0 Å². The lowest BCUT2D eigenvalue weighted by molar-refractivity contribution is -0.385. The van der Waals surface area contributed by atoms with E-state index in [-0.39, 0.29) is 11.3 Å². The molecule has 0 bridgehead atoms. The van der Waals surface area contributed by atoms with Crippen LogP contribution in [0, 0.1) is 10.1 Å². The number of hydrogen-bond acceptors (Lipinski definition) is 4. The molecule has 16 heavy (non-hydrogen) atoms. The Balaban J connectivity index is 2.78. The van der Waals surface area contributed by atoms with E-state index in [0.717, 1.165) is 0 Å². The normalized spacial score (nSPS) is 9.81. The predicted molar refractivity (Wildman–Crippen MR) is 59.4 cm³/mol. The van der Waals surface area contributed by atoms with Crippen LogP contribution in [-0.2, 0) is 0 Å². The third-order valence-corrected chi connectivity index (χ3v) is 2.01. The highest BCUT2D eigenvalue weighted by atomic mass is 16.6. The van der Waals surface area contributed by atoms with E-state index in [9.17, 15) is 14.9 Å². The summed E-state index contributed by atoms with van der Waals surface area (Å²) < 4.78 is 0. The first-order chi connectivity index (χ1) is 7.66. The summed E-state index contributed by atoms with van der Waals surface area (Å²) in [6.45, 7) is 1.05. The first-order valence-corrected chi connectivity index (χ1v) is 4.83. The molecule has 2 N–H and O–H groups in total. The van der Waals surface area contributed by atoms with Crippen molar-refractivity contribution in [2.24, 2.45) is 0 Å². The maximum absolute atomic E-state index is 11.6. The van der Waals surface area contributed by atoms with Gasteiger partial charge in [-0.3, -0.25) is 14.9 Å². The number of rotatable bonds is 5. The number of nitro benzene ring substituents is 1.